The van der Waals surface area contributed by atoms with E-state index in [9.17, 15) is 22.8 Å². The second-order valence-electron chi connectivity index (χ2n) is 9.35. The number of benzene rings is 3. The zero-order chi connectivity index (χ0) is 28.9. The van der Waals surface area contributed by atoms with E-state index < -0.39 is 22.0 Å². The van der Waals surface area contributed by atoms with Crippen LogP contribution in [0.2, 0.25) is 10.0 Å². The van der Waals surface area contributed by atoms with E-state index >= 15 is 0 Å². The Morgan fingerprint density at radius 3 is 2.33 bits per heavy atom. The number of sulfonamides is 1. The molecule has 1 atom stereocenters. The van der Waals surface area contributed by atoms with Crippen molar-refractivity contribution in [3.05, 3.63) is 99.5 Å². The quantitative estimate of drug-likeness (QED) is 0.343. The number of likely N-dealkylation sites (N-methyl/N-ethyl adjacent to an activating group) is 1. The minimum absolute atomic E-state index is 0.0354. The summed E-state index contributed by atoms with van der Waals surface area (Å²) in [5, 5.41) is 3.51. The van der Waals surface area contributed by atoms with Gasteiger partial charge in [-0.25, -0.2) is 12.7 Å². The van der Waals surface area contributed by atoms with Crippen molar-refractivity contribution < 1.29 is 22.8 Å². The first-order chi connectivity index (χ1) is 19.1. The molecule has 1 heterocycles. The number of carbonyl (C=O) groups is 3. The summed E-state index contributed by atoms with van der Waals surface area (Å²) in [6.07, 6.45) is 0.277. The van der Waals surface area contributed by atoms with E-state index in [2.05, 4.69) is 5.32 Å². The lowest BCUT2D eigenvalue weighted by Crippen LogP contribution is -2.50. The van der Waals surface area contributed by atoms with Gasteiger partial charge >= 0.3 is 0 Å². The molecule has 3 amide bonds. The molecule has 1 N–H and O–H groups in total. The van der Waals surface area contributed by atoms with E-state index in [0.29, 0.717) is 22.2 Å². The van der Waals surface area contributed by atoms with Crippen LogP contribution in [0.15, 0.2) is 77.7 Å². The van der Waals surface area contributed by atoms with E-state index in [0.717, 1.165) is 9.87 Å². The van der Waals surface area contributed by atoms with Crippen molar-refractivity contribution in [3.63, 3.8) is 0 Å². The van der Waals surface area contributed by atoms with Crippen LogP contribution in [0.25, 0.3) is 0 Å². The second-order valence-corrected chi connectivity index (χ2v) is 12.0. The SMILES string of the molecule is CCNC(=O)C(Cc1ccccc1)N(Cc1ccc(Cl)c(Cl)c1)C(=O)CCCN1C(=O)c2ccccc2S1(=O)=O. The number of hydrogen-bond donors (Lipinski definition) is 1. The van der Waals surface area contributed by atoms with Gasteiger partial charge in [0.15, 0.2) is 0 Å². The first-order valence-corrected chi connectivity index (χ1v) is 15.0. The first kappa shape index (κ1) is 29.6. The van der Waals surface area contributed by atoms with Crippen molar-refractivity contribution in [2.75, 3.05) is 13.1 Å². The summed E-state index contributed by atoms with van der Waals surface area (Å²) in [6.45, 7) is 2.10. The Hall–Kier alpha value is -3.40. The van der Waals surface area contributed by atoms with Gasteiger partial charge in [0.05, 0.1) is 15.6 Å². The predicted octanol–water partition coefficient (Wildman–Crippen LogP) is 4.69. The van der Waals surface area contributed by atoms with Gasteiger partial charge in [-0.15, -0.1) is 0 Å². The molecule has 1 unspecified atom stereocenters. The largest absolute Gasteiger partial charge is 0.355 e. The predicted molar refractivity (Wildman–Crippen MR) is 154 cm³/mol. The average Bonchev–Trinajstić information content (AvgIpc) is 3.13. The van der Waals surface area contributed by atoms with Crippen LogP contribution < -0.4 is 5.32 Å². The number of hydrogen-bond acceptors (Lipinski definition) is 5. The van der Waals surface area contributed by atoms with Gasteiger partial charge in [0, 0.05) is 32.5 Å². The number of halogens is 2. The third-order valence-corrected chi connectivity index (χ3v) is 9.20. The summed E-state index contributed by atoms with van der Waals surface area (Å²) in [4.78, 5) is 41.2. The molecule has 0 radical (unpaired) electrons. The molecule has 4 rings (SSSR count). The van der Waals surface area contributed by atoms with Gasteiger partial charge in [0.1, 0.15) is 10.9 Å². The van der Waals surface area contributed by atoms with Crippen LogP contribution in [0.1, 0.15) is 41.3 Å². The van der Waals surface area contributed by atoms with Crippen LogP contribution in [0.4, 0.5) is 0 Å². The van der Waals surface area contributed by atoms with E-state index in [1.807, 2.05) is 30.3 Å². The fourth-order valence-corrected chi connectivity index (χ4v) is 6.58. The zero-order valence-corrected chi connectivity index (χ0v) is 24.2. The van der Waals surface area contributed by atoms with Gasteiger partial charge in [-0.05, 0) is 48.7 Å². The molecule has 0 aliphatic carbocycles. The van der Waals surface area contributed by atoms with Gasteiger partial charge in [-0.2, -0.15) is 0 Å². The number of amides is 3. The number of nitrogens with zero attached hydrogens (tertiary/aromatic N) is 2. The van der Waals surface area contributed by atoms with Crippen molar-refractivity contribution in [2.45, 2.75) is 43.7 Å². The van der Waals surface area contributed by atoms with Crippen molar-refractivity contribution in [2.24, 2.45) is 0 Å². The lowest BCUT2D eigenvalue weighted by atomic mass is 10.0. The lowest BCUT2D eigenvalue weighted by Gasteiger charge is -2.32. The second kappa shape index (κ2) is 12.8. The molecule has 0 aromatic heterocycles. The molecule has 0 saturated carbocycles. The molecule has 0 fully saturated rings. The summed E-state index contributed by atoms with van der Waals surface area (Å²) >= 11 is 12.3. The Labute approximate surface area is 243 Å². The molecular weight excluding hydrogens is 573 g/mol. The Morgan fingerprint density at radius 2 is 1.65 bits per heavy atom. The number of fused-ring (bicyclic) bond motifs is 1. The molecule has 1 aliphatic rings. The lowest BCUT2D eigenvalue weighted by molar-refractivity contribution is -0.141. The van der Waals surface area contributed by atoms with E-state index in [4.69, 9.17) is 23.2 Å². The fraction of sp³-hybridized carbons (Fsp3) is 0.276. The Balaban J connectivity index is 1.57. The van der Waals surface area contributed by atoms with Crippen molar-refractivity contribution in [1.82, 2.24) is 14.5 Å². The van der Waals surface area contributed by atoms with Crippen molar-refractivity contribution in [1.29, 1.82) is 0 Å². The topological polar surface area (TPSA) is 104 Å². The van der Waals surface area contributed by atoms with E-state index in [1.54, 1.807) is 37.3 Å². The normalized spacial score (nSPS) is 14.5. The minimum atomic E-state index is -3.98. The zero-order valence-electron chi connectivity index (χ0n) is 21.8. The maximum Gasteiger partial charge on any atom is 0.269 e. The van der Waals surface area contributed by atoms with E-state index in [-0.39, 0.29) is 54.6 Å². The third kappa shape index (κ3) is 6.49. The number of carbonyl (C=O) groups excluding carboxylic acids is 3. The highest BCUT2D eigenvalue weighted by atomic mass is 35.5. The minimum Gasteiger partial charge on any atom is -0.355 e. The summed E-state index contributed by atoms with van der Waals surface area (Å²) in [5.74, 6) is -1.28. The van der Waals surface area contributed by atoms with Crippen LogP contribution >= 0.6 is 23.2 Å². The molecule has 0 bridgehead atoms. The number of nitrogens with one attached hydrogen (secondary N) is 1. The van der Waals surface area contributed by atoms with Crippen molar-refractivity contribution in [3.8, 4) is 0 Å². The van der Waals surface area contributed by atoms with Crippen LogP contribution in [0.5, 0.6) is 0 Å². The molecular formula is C29H29Cl2N3O5S. The average molecular weight is 603 g/mol. The molecule has 40 heavy (non-hydrogen) atoms. The monoisotopic (exact) mass is 601 g/mol. The molecule has 0 saturated heterocycles. The summed E-state index contributed by atoms with van der Waals surface area (Å²) < 4.78 is 26.6. The molecule has 0 spiro atoms. The van der Waals surface area contributed by atoms with Crippen LogP contribution in [0, 0.1) is 0 Å². The smallest absolute Gasteiger partial charge is 0.269 e. The summed E-state index contributed by atoms with van der Waals surface area (Å²) in [6, 6.07) is 19.6. The summed E-state index contributed by atoms with van der Waals surface area (Å²) in [5.41, 5.74) is 1.67. The highest BCUT2D eigenvalue weighted by molar-refractivity contribution is 7.90. The van der Waals surface area contributed by atoms with Gasteiger partial charge in [-0.3, -0.25) is 14.4 Å². The van der Waals surface area contributed by atoms with Crippen LogP contribution in [0.3, 0.4) is 0 Å². The third-order valence-electron chi connectivity index (χ3n) is 6.62. The van der Waals surface area contributed by atoms with Gasteiger partial charge in [0.25, 0.3) is 15.9 Å². The van der Waals surface area contributed by atoms with E-state index in [1.165, 1.54) is 17.0 Å². The van der Waals surface area contributed by atoms with Gasteiger partial charge in [-0.1, -0.05) is 71.7 Å². The highest BCUT2D eigenvalue weighted by Crippen LogP contribution is 2.30. The Kier molecular flexibility index (Phi) is 9.50. The molecule has 11 heteroatoms. The fourth-order valence-electron chi connectivity index (χ4n) is 4.65. The highest BCUT2D eigenvalue weighted by Gasteiger charge is 2.40. The maximum absolute atomic E-state index is 13.7. The molecule has 3 aromatic rings. The van der Waals surface area contributed by atoms with Crippen molar-refractivity contribution >= 4 is 50.9 Å². The van der Waals surface area contributed by atoms with Crippen LogP contribution in [-0.4, -0.2) is 54.5 Å². The maximum atomic E-state index is 13.7. The van der Waals surface area contributed by atoms with Gasteiger partial charge in [0.2, 0.25) is 11.8 Å². The van der Waals surface area contributed by atoms with Gasteiger partial charge < -0.3 is 10.2 Å². The molecule has 3 aromatic carbocycles. The number of rotatable bonds is 11. The standard InChI is InChI=1S/C29H29Cl2N3O5S/c1-2-32-28(36)25(18-20-9-4-3-5-10-20)33(19-21-14-15-23(30)24(31)17-21)27(35)13-8-16-34-29(37)22-11-6-7-12-26(22)40(34,38)39/h3-7,9-12,14-15,17,25H,2,8,13,16,18-19H2,1H3,(H,32,36). The molecule has 210 valence electrons. The van der Waals surface area contributed by atoms with Crippen LogP contribution in [-0.2, 0) is 32.6 Å². The molecule has 1 aliphatic heterocycles. The first-order valence-electron chi connectivity index (χ1n) is 12.8. The Bertz CT molecular complexity index is 1520. The molecule has 8 nitrogen and oxygen atoms in total. The Morgan fingerprint density at radius 1 is 0.950 bits per heavy atom. The summed E-state index contributed by atoms with van der Waals surface area (Å²) in [7, 11) is -3.98.